The number of carbonyl (C=O) groups excluding carboxylic acids is 1. The number of nitrogens with zero attached hydrogens (tertiary/aromatic N) is 2. The fourth-order valence-corrected chi connectivity index (χ4v) is 3.88. The first-order valence-corrected chi connectivity index (χ1v) is 8.95. The fraction of sp³-hybridized carbons (Fsp3) is 0.350. The summed E-state index contributed by atoms with van der Waals surface area (Å²) < 4.78 is 10.3. The number of nitro groups is 1. The second-order valence-corrected chi connectivity index (χ2v) is 7.09. The zero-order chi connectivity index (χ0) is 18.8. The van der Waals surface area contributed by atoms with E-state index in [2.05, 4.69) is 29.2 Å². The van der Waals surface area contributed by atoms with E-state index in [0.29, 0.717) is 24.4 Å². The summed E-state index contributed by atoms with van der Waals surface area (Å²) in [6, 6.07) is 15.7. The molecule has 4 rings (SSSR count). The molecule has 0 unspecified atom stereocenters. The Hall–Kier alpha value is -2.93. The largest absolute Gasteiger partial charge is 0.513 e. The van der Waals surface area contributed by atoms with Gasteiger partial charge in [0.1, 0.15) is 5.75 Å². The molecule has 2 aromatic carbocycles. The highest BCUT2D eigenvalue weighted by Gasteiger charge is 2.55. The van der Waals surface area contributed by atoms with E-state index in [1.54, 1.807) is 0 Å². The van der Waals surface area contributed by atoms with Crippen LogP contribution in [0.5, 0.6) is 5.75 Å². The van der Waals surface area contributed by atoms with Gasteiger partial charge in [0, 0.05) is 37.7 Å². The Bertz CT molecular complexity index is 812. The van der Waals surface area contributed by atoms with Crippen LogP contribution in [0.2, 0.25) is 0 Å². The van der Waals surface area contributed by atoms with Crippen LogP contribution < -0.4 is 4.74 Å². The Labute approximate surface area is 156 Å². The van der Waals surface area contributed by atoms with Gasteiger partial charge in [-0.25, -0.2) is 4.79 Å². The summed E-state index contributed by atoms with van der Waals surface area (Å²) in [6.45, 7) is 3.39. The van der Waals surface area contributed by atoms with E-state index in [9.17, 15) is 14.9 Å². The minimum atomic E-state index is -0.769. The Balaban J connectivity index is 1.18. The Morgan fingerprint density at radius 3 is 2.37 bits per heavy atom. The molecule has 2 fully saturated rings. The smallest absolute Gasteiger partial charge is 0.434 e. The lowest BCUT2D eigenvalue weighted by atomic mass is 10.2. The lowest BCUT2D eigenvalue weighted by molar-refractivity contribution is -0.384. The molecule has 7 nitrogen and oxygen atoms in total. The van der Waals surface area contributed by atoms with Crippen LogP contribution in [0.1, 0.15) is 5.56 Å². The number of hydrogen-bond acceptors (Lipinski definition) is 6. The average Bonchev–Trinajstić information content (AvgIpc) is 3.12. The molecule has 140 valence electrons. The van der Waals surface area contributed by atoms with Crippen LogP contribution in [0.4, 0.5) is 10.5 Å². The summed E-state index contributed by atoms with van der Waals surface area (Å²) in [7, 11) is 0. The number of rotatable bonds is 6. The van der Waals surface area contributed by atoms with Gasteiger partial charge in [0.15, 0.2) is 0 Å². The van der Waals surface area contributed by atoms with Crippen molar-refractivity contribution in [3.05, 3.63) is 70.3 Å². The molecule has 1 heterocycles. The van der Waals surface area contributed by atoms with E-state index >= 15 is 0 Å². The van der Waals surface area contributed by atoms with Crippen molar-refractivity contribution in [2.45, 2.75) is 6.54 Å². The van der Waals surface area contributed by atoms with E-state index in [1.165, 1.54) is 29.8 Å². The van der Waals surface area contributed by atoms with E-state index in [-0.39, 0.29) is 11.4 Å². The topological polar surface area (TPSA) is 81.9 Å². The van der Waals surface area contributed by atoms with Crippen molar-refractivity contribution in [3.63, 3.8) is 0 Å². The number of carbonyl (C=O) groups is 1. The third-order valence-electron chi connectivity index (χ3n) is 5.34. The summed E-state index contributed by atoms with van der Waals surface area (Å²) in [6.07, 6.45) is -0.769. The quantitative estimate of drug-likeness (QED) is 0.336. The molecule has 27 heavy (non-hydrogen) atoms. The van der Waals surface area contributed by atoms with Crippen LogP contribution >= 0.6 is 0 Å². The second-order valence-electron chi connectivity index (χ2n) is 7.09. The van der Waals surface area contributed by atoms with Gasteiger partial charge in [-0.3, -0.25) is 15.0 Å². The van der Waals surface area contributed by atoms with Gasteiger partial charge in [-0.15, -0.1) is 0 Å². The summed E-state index contributed by atoms with van der Waals surface area (Å²) in [5.41, 5.74) is 1.26. The molecule has 0 aromatic heterocycles. The first-order valence-electron chi connectivity index (χ1n) is 8.95. The number of likely N-dealkylation sites (tertiary alicyclic amines) is 1. The van der Waals surface area contributed by atoms with Gasteiger partial charge in [-0.05, 0) is 29.5 Å². The molecule has 0 radical (unpaired) electrons. The molecule has 1 saturated heterocycles. The molecular weight excluding hydrogens is 348 g/mol. The van der Waals surface area contributed by atoms with Crippen molar-refractivity contribution in [3.8, 4) is 5.75 Å². The monoisotopic (exact) mass is 368 g/mol. The molecule has 0 amide bonds. The highest BCUT2D eigenvalue weighted by molar-refractivity contribution is 5.64. The third-order valence-corrected chi connectivity index (χ3v) is 5.34. The van der Waals surface area contributed by atoms with Crippen molar-refractivity contribution in [2.75, 3.05) is 19.7 Å². The highest BCUT2D eigenvalue weighted by atomic mass is 16.7. The molecule has 0 bridgehead atoms. The highest BCUT2D eigenvalue weighted by Crippen LogP contribution is 2.52. The maximum atomic E-state index is 11.8. The molecule has 1 aliphatic carbocycles. The summed E-state index contributed by atoms with van der Waals surface area (Å²) in [5, 5.41) is 10.6. The summed E-state index contributed by atoms with van der Waals surface area (Å²) in [5.74, 6) is 1.80. The van der Waals surface area contributed by atoms with Crippen LogP contribution in [0.15, 0.2) is 54.6 Å². The van der Waals surface area contributed by atoms with Crippen molar-refractivity contribution >= 4 is 11.8 Å². The van der Waals surface area contributed by atoms with Gasteiger partial charge in [-0.1, -0.05) is 30.3 Å². The van der Waals surface area contributed by atoms with Gasteiger partial charge < -0.3 is 9.47 Å². The summed E-state index contributed by atoms with van der Waals surface area (Å²) >= 11 is 0. The number of non-ortho nitro benzene ring substituents is 1. The van der Waals surface area contributed by atoms with Crippen LogP contribution in [0, 0.1) is 27.9 Å². The Morgan fingerprint density at radius 2 is 1.74 bits per heavy atom. The van der Waals surface area contributed by atoms with E-state index in [0.717, 1.165) is 19.6 Å². The molecule has 3 atom stereocenters. The van der Waals surface area contributed by atoms with Gasteiger partial charge in [0.25, 0.3) is 5.69 Å². The summed E-state index contributed by atoms with van der Waals surface area (Å²) in [4.78, 5) is 24.3. The van der Waals surface area contributed by atoms with Crippen LogP contribution in [-0.2, 0) is 11.3 Å². The molecule has 2 aliphatic rings. The Morgan fingerprint density at radius 1 is 1.07 bits per heavy atom. The number of benzene rings is 2. The first-order chi connectivity index (χ1) is 13.1. The molecule has 7 heteroatoms. The van der Waals surface area contributed by atoms with E-state index in [4.69, 9.17) is 9.47 Å². The van der Waals surface area contributed by atoms with Gasteiger partial charge in [0.05, 0.1) is 11.5 Å². The predicted molar refractivity (Wildman–Crippen MR) is 97.3 cm³/mol. The number of ether oxygens (including phenoxy) is 2. The molecule has 2 aromatic rings. The third kappa shape index (κ3) is 4.09. The van der Waals surface area contributed by atoms with Gasteiger partial charge >= 0.3 is 6.16 Å². The fourth-order valence-electron chi connectivity index (χ4n) is 3.88. The van der Waals surface area contributed by atoms with Crippen molar-refractivity contribution in [1.29, 1.82) is 0 Å². The Kier molecular flexibility index (Phi) is 4.77. The lowest BCUT2D eigenvalue weighted by Gasteiger charge is -2.19. The van der Waals surface area contributed by atoms with Crippen LogP contribution in [0.25, 0.3) is 0 Å². The lowest BCUT2D eigenvalue weighted by Crippen LogP contribution is -2.25. The van der Waals surface area contributed by atoms with Crippen molar-refractivity contribution in [1.82, 2.24) is 4.90 Å². The van der Waals surface area contributed by atoms with Gasteiger partial charge in [0.2, 0.25) is 0 Å². The second kappa shape index (κ2) is 7.36. The predicted octanol–water partition coefficient (Wildman–Crippen LogP) is 3.49. The van der Waals surface area contributed by atoms with E-state index in [1.807, 2.05) is 6.07 Å². The maximum absolute atomic E-state index is 11.8. The maximum Gasteiger partial charge on any atom is 0.513 e. The molecule has 0 N–H and O–H groups in total. The van der Waals surface area contributed by atoms with Crippen molar-refractivity contribution < 1.29 is 19.2 Å². The minimum Gasteiger partial charge on any atom is -0.434 e. The SMILES string of the molecule is O=C(OC[C@@H]1[C@H]2CN(Cc3ccccc3)C[C@@H]12)Oc1ccc([N+](=O)[O-])cc1. The zero-order valence-electron chi connectivity index (χ0n) is 14.7. The molecule has 0 spiro atoms. The van der Waals surface area contributed by atoms with Crippen molar-refractivity contribution in [2.24, 2.45) is 17.8 Å². The number of hydrogen-bond donors (Lipinski definition) is 0. The number of fused-ring (bicyclic) bond motifs is 1. The molecule has 1 saturated carbocycles. The van der Waals surface area contributed by atoms with Gasteiger partial charge in [-0.2, -0.15) is 0 Å². The standard InChI is InChI=1S/C20H20N2O5/c23-20(27-16-8-6-15(7-9-16)22(24)25)26-13-19-17-11-21(12-18(17)19)10-14-4-2-1-3-5-14/h1-9,17-19H,10-13H2/t17-,18+,19+. The van der Waals surface area contributed by atoms with Crippen LogP contribution in [0.3, 0.4) is 0 Å². The molecule has 1 aliphatic heterocycles. The first kappa shape index (κ1) is 17.5. The minimum absolute atomic E-state index is 0.0541. The number of nitro benzene ring substituents is 1. The number of piperidine rings is 1. The van der Waals surface area contributed by atoms with E-state index < -0.39 is 11.1 Å². The zero-order valence-corrected chi connectivity index (χ0v) is 14.7. The normalized spacial score (nSPS) is 23.5. The molecular formula is C20H20N2O5. The average molecular weight is 368 g/mol. The van der Waals surface area contributed by atoms with Crippen LogP contribution in [-0.4, -0.2) is 35.7 Å².